The lowest BCUT2D eigenvalue weighted by atomic mass is 10.1. The molecule has 116 valence electrons. The Hall–Kier alpha value is -2.42. The number of aliphatic imine (C=N–C) groups is 1. The predicted octanol–water partition coefficient (Wildman–Crippen LogP) is 4.64. The Morgan fingerprint density at radius 1 is 1.13 bits per heavy atom. The fourth-order valence-corrected chi connectivity index (χ4v) is 2.36. The monoisotopic (exact) mass is 326 g/mol. The number of rotatable bonds is 6. The van der Waals surface area contributed by atoms with E-state index in [1.54, 1.807) is 12.1 Å². The quantitative estimate of drug-likeness (QED) is 0.441. The molecule has 1 fully saturated rings. The van der Waals surface area contributed by atoms with E-state index in [2.05, 4.69) is 10.1 Å². The Morgan fingerprint density at radius 2 is 1.83 bits per heavy atom. The first kappa shape index (κ1) is 15.5. The van der Waals surface area contributed by atoms with Crippen LogP contribution >= 0.6 is 11.6 Å². The van der Waals surface area contributed by atoms with Crippen LogP contribution in [0.2, 0.25) is 5.02 Å². The molecule has 2 aromatic rings. The number of isocyanates is 1. The summed E-state index contributed by atoms with van der Waals surface area (Å²) in [5, 5.41) is 5.04. The first-order chi connectivity index (χ1) is 11.3. The van der Waals surface area contributed by atoms with Gasteiger partial charge in [-0.3, -0.25) is 0 Å². The van der Waals surface area contributed by atoms with E-state index in [-0.39, 0.29) is 0 Å². The van der Waals surface area contributed by atoms with Gasteiger partial charge in [-0.1, -0.05) is 41.0 Å². The summed E-state index contributed by atoms with van der Waals surface area (Å²) in [4.78, 5) is 19.3. The molecule has 2 aromatic carbocycles. The zero-order chi connectivity index (χ0) is 16.1. The summed E-state index contributed by atoms with van der Waals surface area (Å²) in [6.45, 7) is 0.370. The van der Waals surface area contributed by atoms with Gasteiger partial charge in [0.05, 0.1) is 11.4 Å². The van der Waals surface area contributed by atoms with E-state index in [4.69, 9.17) is 16.4 Å². The highest BCUT2D eigenvalue weighted by Gasteiger charge is 2.29. The third kappa shape index (κ3) is 4.28. The predicted molar refractivity (Wildman–Crippen MR) is 89.7 cm³/mol. The van der Waals surface area contributed by atoms with Crippen molar-refractivity contribution in [3.05, 3.63) is 64.7 Å². The molecule has 0 bridgehead atoms. The van der Waals surface area contributed by atoms with Gasteiger partial charge in [0.15, 0.2) is 0 Å². The Labute approximate surface area is 139 Å². The molecule has 0 aliphatic heterocycles. The summed E-state index contributed by atoms with van der Waals surface area (Å²) in [7, 11) is 0. The molecule has 23 heavy (non-hydrogen) atoms. The maximum Gasteiger partial charge on any atom is 0.240 e. The van der Waals surface area contributed by atoms with E-state index in [1.165, 1.54) is 6.08 Å². The second kappa shape index (κ2) is 7.23. The summed E-state index contributed by atoms with van der Waals surface area (Å²) in [6.07, 6.45) is 3.80. The molecule has 0 N–H and O–H groups in total. The molecule has 3 rings (SSSR count). The Morgan fingerprint density at radius 3 is 2.43 bits per heavy atom. The second-order valence-corrected chi connectivity index (χ2v) is 5.84. The van der Waals surface area contributed by atoms with Crippen molar-refractivity contribution in [2.45, 2.75) is 19.4 Å². The van der Waals surface area contributed by atoms with E-state index in [1.807, 2.05) is 36.4 Å². The van der Waals surface area contributed by atoms with Crippen molar-refractivity contribution in [2.75, 3.05) is 0 Å². The van der Waals surface area contributed by atoms with Gasteiger partial charge in [-0.25, -0.2) is 4.79 Å². The molecule has 1 aliphatic rings. The molecule has 0 saturated heterocycles. The van der Waals surface area contributed by atoms with E-state index < -0.39 is 0 Å². The molecular formula is C18H15ClN2O2. The van der Waals surface area contributed by atoms with Crippen LogP contribution in [0.1, 0.15) is 24.0 Å². The smallest absolute Gasteiger partial charge is 0.240 e. The molecule has 0 amide bonds. The molecule has 0 heterocycles. The van der Waals surface area contributed by atoms with Gasteiger partial charge in [0.2, 0.25) is 6.08 Å². The summed E-state index contributed by atoms with van der Waals surface area (Å²) in [6, 6.07) is 14.9. The van der Waals surface area contributed by atoms with Gasteiger partial charge in [-0.15, -0.1) is 0 Å². The molecule has 5 heteroatoms. The summed E-state index contributed by atoms with van der Waals surface area (Å²) in [5.41, 5.74) is 3.56. The summed E-state index contributed by atoms with van der Waals surface area (Å²) in [5.74, 6) is 0.473. The first-order valence-corrected chi connectivity index (χ1v) is 7.76. The molecule has 0 aromatic heterocycles. The Balaban J connectivity index is 1.67. The minimum atomic E-state index is 0.370. The van der Waals surface area contributed by atoms with Crippen molar-refractivity contribution in [1.82, 2.24) is 0 Å². The highest BCUT2D eigenvalue weighted by Crippen LogP contribution is 2.33. The van der Waals surface area contributed by atoms with Crippen LogP contribution in [0.3, 0.4) is 0 Å². The molecule has 0 unspecified atom stereocenters. The maximum atomic E-state index is 10.2. The van der Waals surface area contributed by atoms with Crippen molar-refractivity contribution >= 4 is 29.1 Å². The van der Waals surface area contributed by atoms with Gasteiger partial charge >= 0.3 is 0 Å². The number of hydrogen-bond acceptors (Lipinski definition) is 4. The fourth-order valence-electron chi connectivity index (χ4n) is 2.24. The van der Waals surface area contributed by atoms with Crippen molar-refractivity contribution in [2.24, 2.45) is 16.1 Å². The normalized spacial score (nSPS) is 14.2. The molecule has 0 atom stereocenters. The largest absolute Gasteiger partial charge is 0.391 e. The van der Waals surface area contributed by atoms with Crippen LogP contribution < -0.4 is 0 Å². The fraction of sp³-hybridized carbons (Fsp3) is 0.222. The second-order valence-electron chi connectivity index (χ2n) is 5.40. The molecule has 0 spiro atoms. The van der Waals surface area contributed by atoms with Crippen LogP contribution in [-0.2, 0) is 16.2 Å². The molecule has 4 nitrogen and oxygen atoms in total. The van der Waals surface area contributed by atoms with Crippen LogP contribution in [0.15, 0.2) is 58.7 Å². The van der Waals surface area contributed by atoms with Crippen LogP contribution in [0.4, 0.5) is 5.69 Å². The van der Waals surface area contributed by atoms with Crippen molar-refractivity contribution in [3.63, 3.8) is 0 Å². The standard InChI is InChI=1S/C18H15ClN2O2/c19-16-7-5-15(6-8-16)18(14-3-4-14)21-23-11-13-1-9-17(10-2-13)20-12-22/h1-2,5-10,14H,3-4,11H2. The minimum absolute atomic E-state index is 0.370. The van der Waals surface area contributed by atoms with Gasteiger partial charge in [-0.2, -0.15) is 4.99 Å². The van der Waals surface area contributed by atoms with Gasteiger partial charge in [-0.05, 0) is 48.2 Å². The average Bonchev–Trinajstić information content (AvgIpc) is 3.39. The number of halogens is 1. The van der Waals surface area contributed by atoms with Crippen LogP contribution in [-0.4, -0.2) is 11.8 Å². The lowest BCUT2D eigenvalue weighted by molar-refractivity contribution is 0.130. The lowest BCUT2D eigenvalue weighted by Gasteiger charge is -2.06. The average molecular weight is 327 g/mol. The number of benzene rings is 2. The molecule has 1 aliphatic carbocycles. The van der Waals surface area contributed by atoms with E-state index >= 15 is 0 Å². The number of carbonyl (C=O) groups excluding carboxylic acids is 1. The van der Waals surface area contributed by atoms with Gasteiger partial charge < -0.3 is 4.84 Å². The minimum Gasteiger partial charge on any atom is -0.391 e. The van der Waals surface area contributed by atoms with Crippen molar-refractivity contribution in [3.8, 4) is 0 Å². The number of hydrogen-bond donors (Lipinski definition) is 0. The third-order valence-corrected chi connectivity index (χ3v) is 3.86. The van der Waals surface area contributed by atoms with Gasteiger partial charge in [0, 0.05) is 10.9 Å². The number of oxime groups is 1. The summed E-state index contributed by atoms with van der Waals surface area (Å²) >= 11 is 5.93. The van der Waals surface area contributed by atoms with E-state index in [0.29, 0.717) is 23.2 Å². The zero-order valence-electron chi connectivity index (χ0n) is 12.4. The Kier molecular flexibility index (Phi) is 4.86. The zero-order valence-corrected chi connectivity index (χ0v) is 13.2. The molecule has 0 radical (unpaired) electrons. The van der Waals surface area contributed by atoms with Crippen LogP contribution in [0.25, 0.3) is 0 Å². The highest BCUT2D eigenvalue weighted by atomic mass is 35.5. The lowest BCUT2D eigenvalue weighted by Crippen LogP contribution is -2.04. The van der Waals surface area contributed by atoms with E-state index in [0.717, 1.165) is 29.7 Å². The molecular weight excluding hydrogens is 312 g/mol. The Bertz CT molecular complexity index is 744. The third-order valence-electron chi connectivity index (χ3n) is 3.61. The van der Waals surface area contributed by atoms with Crippen molar-refractivity contribution < 1.29 is 9.63 Å². The molecule has 1 saturated carbocycles. The van der Waals surface area contributed by atoms with Crippen LogP contribution in [0, 0.1) is 5.92 Å². The van der Waals surface area contributed by atoms with Gasteiger partial charge in [0.1, 0.15) is 6.61 Å². The van der Waals surface area contributed by atoms with Crippen LogP contribution in [0.5, 0.6) is 0 Å². The summed E-state index contributed by atoms with van der Waals surface area (Å²) < 4.78 is 0. The topological polar surface area (TPSA) is 51.0 Å². The highest BCUT2D eigenvalue weighted by molar-refractivity contribution is 6.30. The maximum absolute atomic E-state index is 10.2. The van der Waals surface area contributed by atoms with E-state index in [9.17, 15) is 4.79 Å². The van der Waals surface area contributed by atoms with Gasteiger partial charge in [0.25, 0.3) is 0 Å². The first-order valence-electron chi connectivity index (χ1n) is 7.39. The number of nitrogens with zero attached hydrogens (tertiary/aromatic N) is 2. The van der Waals surface area contributed by atoms with Crippen molar-refractivity contribution in [1.29, 1.82) is 0 Å². The SMILES string of the molecule is O=C=Nc1ccc(CON=C(c2ccc(Cl)cc2)C2CC2)cc1.